The van der Waals surface area contributed by atoms with Crippen molar-refractivity contribution in [2.24, 2.45) is 5.92 Å². The van der Waals surface area contributed by atoms with Gasteiger partial charge in [-0.15, -0.1) is 0 Å². The summed E-state index contributed by atoms with van der Waals surface area (Å²) in [6.45, 7) is 3.83. The van der Waals surface area contributed by atoms with Crippen molar-refractivity contribution in [3.8, 4) is 11.6 Å². The molecule has 0 radical (unpaired) electrons. The minimum absolute atomic E-state index is 0.00768. The van der Waals surface area contributed by atoms with E-state index in [9.17, 15) is 9.18 Å². The van der Waals surface area contributed by atoms with Crippen LogP contribution in [0.25, 0.3) is 0 Å². The molecule has 1 unspecified atom stereocenters. The molecular formula is C21H24FN3O3. The summed E-state index contributed by atoms with van der Waals surface area (Å²) in [6, 6.07) is 7.72. The average molecular weight is 385 g/mol. The number of carbonyl (C=O) groups excluding carboxylic acids is 1. The lowest BCUT2D eigenvalue weighted by Crippen LogP contribution is -2.38. The number of aromatic nitrogens is 2. The normalized spacial score (nSPS) is 20.4. The maximum absolute atomic E-state index is 13.9. The Morgan fingerprint density at radius 2 is 2.00 bits per heavy atom. The van der Waals surface area contributed by atoms with Crippen LogP contribution in [0.5, 0.6) is 11.6 Å². The molecular weight excluding hydrogens is 361 g/mol. The van der Waals surface area contributed by atoms with Crippen molar-refractivity contribution in [2.75, 3.05) is 19.8 Å². The van der Waals surface area contributed by atoms with E-state index in [1.807, 2.05) is 11.8 Å². The fourth-order valence-corrected chi connectivity index (χ4v) is 3.88. The molecule has 2 fully saturated rings. The van der Waals surface area contributed by atoms with Crippen LogP contribution in [0.3, 0.4) is 0 Å². The van der Waals surface area contributed by atoms with E-state index >= 15 is 0 Å². The highest BCUT2D eigenvalue weighted by molar-refractivity contribution is 5.79. The summed E-state index contributed by atoms with van der Waals surface area (Å²) in [7, 11) is 0. The third kappa shape index (κ3) is 3.99. The number of carbonyl (C=O) groups is 1. The Labute approximate surface area is 163 Å². The Hall–Kier alpha value is -2.54. The van der Waals surface area contributed by atoms with E-state index in [0.717, 1.165) is 31.4 Å². The molecule has 148 valence electrons. The first-order chi connectivity index (χ1) is 13.6. The van der Waals surface area contributed by atoms with Gasteiger partial charge in [-0.1, -0.05) is 12.1 Å². The fourth-order valence-electron chi connectivity index (χ4n) is 3.88. The molecule has 1 atom stereocenters. The van der Waals surface area contributed by atoms with Gasteiger partial charge in [-0.25, -0.2) is 9.37 Å². The van der Waals surface area contributed by atoms with Gasteiger partial charge in [-0.3, -0.25) is 4.79 Å². The summed E-state index contributed by atoms with van der Waals surface area (Å²) in [6.07, 6.45) is 3.26. The molecule has 3 heterocycles. The van der Waals surface area contributed by atoms with Gasteiger partial charge in [0.2, 0.25) is 11.8 Å². The Kier molecular flexibility index (Phi) is 5.52. The number of aryl methyl sites for hydroxylation is 1. The topological polar surface area (TPSA) is 64.5 Å². The Balaban J connectivity index is 1.56. The predicted octanol–water partition coefficient (Wildman–Crippen LogP) is 3.81. The molecule has 0 bridgehead atoms. The van der Waals surface area contributed by atoms with Gasteiger partial charge in [-0.05, 0) is 44.7 Å². The number of halogens is 1. The van der Waals surface area contributed by atoms with Crippen molar-refractivity contribution in [1.29, 1.82) is 0 Å². The first-order valence-corrected chi connectivity index (χ1v) is 9.78. The van der Waals surface area contributed by atoms with Crippen LogP contribution in [0.15, 0.2) is 30.3 Å². The summed E-state index contributed by atoms with van der Waals surface area (Å²) in [5.41, 5.74) is 0.724. The molecule has 0 spiro atoms. The third-order valence-corrected chi connectivity index (χ3v) is 5.30. The van der Waals surface area contributed by atoms with Crippen LogP contribution >= 0.6 is 0 Å². The lowest BCUT2D eigenvalue weighted by molar-refractivity contribution is -0.139. The number of nitrogens with zero attached hydrogens (tertiary/aromatic N) is 3. The number of para-hydroxylation sites is 1. The van der Waals surface area contributed by atoms with Crippen molar-refractivity contribution in [1.82, 2.24) is 14.9 Å². The molecule has 1 amide bonds. The molecule has 2 aromatic rings. The Morgan fingerprint density at radius 1 is 1.21 bits per heavy atom. The summed E-state index contributed by atoms with van der Waals surface area (Å²) in [5.74, 6) is 0.689. The van der Waals surface area contributed by atoms with Gasteiger partial charge in [0.1, 0.15) is 0 Å². The van der Waals surface area contributed by atoms with Gasteiger partial charge in [0.05, 0.1) is 6.04 Å². The van der Waals surface area contributed by atoms with Crippen LogP contribution in [-0.2, 0) is 9.53 Å². The van der Waals surface area contributed by atoms with Crippen molar-refractivity contribution < 1.29 is 18.7 Å². The molecule has 28 heavy (non-hydrogen) atoms. The first kappa shape index (κ1) is 18.8. The van der Waals surface area contributed by atoms with Crippen LogP contribution in [0.2, 0.25) is 0 Å². The van der Waals surface area contributed by atoms with E-state index in [2.05, 4.69) is 9.97 Å². The van der Waals surface area contributed by atoms with Gasteiger partial charge in [0, 0.05) is 37.4 Å². The zero-order valence-corrected chi connectivity index (χ0v) is 15.9. The number of hydrogen-bond acceptors (Lipinski definition) is 5. The number of rotatable bonds is 4. The van der Waals surface area contributed by atoms with E-state index in [1.165, 1.54) is 6.07 Å². The predicted molar refractivity (Wildman–Crippen MR) is 100 cm³/mol. The van der Waals surface area contributed by atoms with Crippen molar-refractivity contribution in [3.63, 3.8) is 0 Å². The molecule has 2 aliphatic heterocycles. The molecule has 0 N–H and O–H groups in total. The maximum atomic E-state index is 13.9. The van der Waals surface area contributed by atoms with Crippen LogP contribution in [0.4, 0.5) is 4.39 Å². The second-order valence-electron chi connectivity index (χ2n) is 7.31. The third-order valence-electron chi connectivity index (χ3n) is 5.30. The van der Waals surface area contributed by atoms with Crippen molar-refractivity contribution in [3.05, 3.63) is 47.7 Å². The van der Waals surface area contributed by atoms with Gasteiger partial charge in [0.15, 0.2) is 17.4 Å². The number of amides is 1. The standard InChI is InChI=1S/C21H24FN3O3/c1-14-13-19(28-18-7-3-2-5-16(18)22)24-20(23-14)17-6-4-10-25(17)21(26)15-8-11-27-12-9-15/h2-3,5,7,13,15,17H,4,6,8-12H2,1H3. The van der Waals surface area contributed by atoms with Gasteiger partial charge in [-0.2, -0.15) is 4.98 Å². The monoisotopic (exact) mass is 385 g/mol. The second-order valence-corrected chi connectivity index (χ2v) is 7.31. The summed E-state index contributed by atoms with van der Waals surface area (Å²) in [5, 5.41) is 0. The van der Waals surface area contributed by atoms with Crippen LogP contribution < -0.4 is 4.74 Å². The van der Waals surface area contributed by atoms with E-state index in [1.54, 1.807) is 24.3 Å². The number of hydrogen-bond donors (Lipinski definition) is 0. The second kappa shape index (κ2) is 8.22. The smallest absolute Gasteiger partial charge is 0.226 e. The quantitative estimate of drug-likeness (QED) is 0.801. The first-order valence-electron chi connectivity index (χ1n) is 9.78. The Morgan fingerprint density at radius 3 is 2.79 bits per heavy atom. The van der Waals surface area contributed by atoms with Gasteiger partial charge < -0.3 is 14.4 Å². The highest BCUT2D eigenvalue weighted by Crippen LogP contribution is 2.34. The highest BCUT2D eigenvalue weighted by Gasteiger charge is 2.36. The van der Waals surface area contributed by atoms with E-state index in [0.29, 0.717) is 25.6 Å². The minimum atomic E-state index is -0.447. The molecule has 1 aromatic heterocycles. The van der Waals surface area contributed by atoms with Crippen molar-refractivity contribution >= 4 is 5.91 Å². The SMILES string of the molecule is Cc1cc(Oc2ccccc2F)nc(C2CCCN2C(=O)C2CCOCC2)n1. The highest BCUT2D eigenvalue weighted by atomic mass is 19.1. The molecule has 4 rings (SSSR count). The van der Waals surface area contributed by atoms with Crippen LogP contribution in [0.1, 0.15) is 43.2 Å². The van der Waals surface area contributed by atoms with Crippen LogP contribution in [0, 0.1) is 18.7 Å². The number of ether oxygens (including phenoxy) is 2. The zero-order chi connectivity index (χ0) is 19.5. The molecule has 2 saturated heterocycles. The van der Waals surface area contributed by atoms with Crippen LogP contribution in [-0.4, -0.2) is 40.5 Å². The fraction of sp³-hybridized carbons (Fsp3) is 0.476. The number of benzene rings is 1. The largest absolute Gasteiger partial charge is 0.436 e. The lowest BCUT2D eigenvalue weighted by Gasteiger charge is -2.30. The van der Waals surface area contributed by atoms with Gasteiger partial charge in [0.25, 0.3) is 0 Å². The maximum Gasteiger partial charge on any atom is 0.226 e. The molecule has 7 heteroatoms. The summed E-state index contributed by atoms with van der Waals surface area (Å²) in [4.78, 5) is 24.0. The van der Waals surface area contributed by atoms with Gasteiger partial charge >= 0.3 is 0 Å². The van der Waals surface area contributed by atoms with E-state index in [-0.39, 0.29) is 29.5 Å². The van der Waals surface area contributed by atoms with E-state index < -0.39 is 5.82 Å². The van der Waals surface area contributed by atoms with Crippen molar-refractivity contribution in [2.45, 2.75) is 38.6 Å². The molecule has 2 aliphatic rings. The summed E-state index contributed by atoms with van der Waals surface area (Å²) < 4.78 is 25.0. The zero-order valence-electron chi connectivity index (χ0n) is 15.9. The molecule has 0 saturated carbocycles. The number of likely N-dealkylation sites (tertiary alicyclic amines) is 1. The van der Waals surface area contributed by atoms with E-state index in [4.69, 9.17) is 9.47 Å². The minimum Gasteiger partial charge on any atom is -0.436 e. The Bertz CT molecular complexity index is 855. The molecule has 1 aromatic carbocycles. The lowest BCUT2D eigenvalue weighted by atomic mass is 9.98. The molecule has 0 aliphatic carbocycles. The summed E-state index contributed by atoms with van der Waals surface area (Å²) >= 11 is 0. The average Bonchev–Trinajstić information content (AvgIpc) is 3.19. The molecule has 6 nitrogen and oxygen atoms in total.